The summed E-state index contributed by atoms with van der Waals surface area (Å²) in [5.74, 6) is -0.0229. The van der Waals surface area contributed by atoms with Crippen LogP contribution in [0.1, 0.15) is 96.4 Å². The van der Waals surface area contributed by atoms with Crippen LogP contribution in [0.15, 0.2) is 55.2 Å². The summed E-state index contributed by atoms with van der Waals surface area (Å²) in [5.41, 5.74) is 5.60. The van der Waals surface area contributed by atoms with Crippen LogP contribution in [-0.2, 0) is 14.3 Å². The van der Waals surface area contributed by atoms with Crippen molar-refractivity contribution in [2.45, 2.75) is 104 Å². The summed E-state index contributed by atoms with van der Waals surface area (Å²) < 4.78 is 36.0. The topological polar surface area (TPSA) is 85.5 Å². The Morgan fingerprint density at radius 3 is 2.54 bits per heavy atom. The number of aromatic nitrogens is 2. The van der Waals surface area contributed by atoms with Gasteiger partial charge in [0.15, 0.2) is 6.10 Å². The molecule has 1 fully saturated rings. The minimum atomic E-state index is -1.23. The second kappa shape index (κ2) is 13.8. The number of imidazole rings is 1. The van der Waals surface area contributed by atoms with Crippen molar-refractivity contribution < 1.29 is 28.5 Å². The zero-order valence-corrected chi connectivity index (χ0v) is 30.4. The maximum absolute atomic E-state index is 14.7. The SMILES string of the molecule is C=C(C)c1c(C)c(C(OC(C)(C)C)C(=O)O)c2n3cc(nc13)-c1cccc(c1)-c1cc(F)ccc1OC(C)CCCCOC1(C)CCN2CC1. The van der Waals surface area contributed by atoms with Crippen LogP contribution in [0.5, 0.6) is 5.75 Å². The average Bonchev–Trinajstić information content (AvgIpc) is 3.48. The number of carboxylic acids is 1. The Bertz CT molecular complexity index is 1920. The Morgan fingerprint density at radius 1 is 1.14 bits per heavy atom. The largest absolute Gasteiger partial charge is 0.490 e. The molecular weight excluding hydrogens is 633 g/mol. The van der Waals surface area contributed by atoms with Gasteiger partial charge < -0.3 is 24.2 Å². The maximum Gasteiger partial charge on any atom is 0.337 e. The van der Waals surface area contributed by atoms with Gasteiger partial charge in [-0.3, -0.25) is 4.40 Å². The van der Waals surface area contributed by atoms with Crippen molar-refractivity contribution in [1.82, 2.24) is 9.38 Å². The summed E-state index contributed by atoms with van der Waals surface area (Å²) >= 11 is 0. The number of piperidine rings is 1. The predicted molar refractivity (Wildman–Crippen MR) is 196 cm³/mol. The highest BCUT2D eigenvalue weighted by Gasteiger charge is 2.38. The number of halogens is 1. The minimum absolute atomic E-state index is 0.0569. The lowest BCUT2D eigenvalue weighted by Gasteiger charge is -2.42. The smallest absolute Gasteiger partial charge is 0.337 e. The van der Waals surface area contributed by atoms with Gasteiger partial charge in [0.2, 0.25) is 0 Å². The molecule has 5 heterocycles. The van der Waals surface area contributed by atoms with Crippen LogP contribution in [0, 0.1) is 12.7 Å². The van der Waals surface area contributed by atoms with E-state index in [1.165, 1.54) is 12.1 Å². The molecule has 2 unspecified atom stereocenters. The molecule has 4 aromatic rings. The number of carboxylic acid groups (broad SMARTS) is 1. The number of anilines is 1. The van der Waals surface area contributed by atoms with Crippen LogP contribution < -0.4 is 9.64 Å². The molecule has 6 bridgehead atoms. The number of fused-ring (bicyclic) bond motifs is 8. The lowest BCUT2D eigenvalue weighted by molar-refractivity contribution is -0.160. The Hall–Kier alpha value is -4.21. The molecule has 8 nitrogen and oxygen atoms in total. The van der Waals surface area contributed by atoms with Crippen LogP contribution in [0.3, 0.4) is 0 Å². The zero-order valence-electron chi connectivity index (χ0n) is 30.4. The first-order valence-electron chi connectivity index (χ1n) is 17.7. The Balaban J connectivity index is 1.61. The van der Waals surface area contributed by atoms with E-state index in [0.717, 1.165) is 65.7 Å². The quantitative estimate of drug-likeness (QED) is 0.229. The highest BCUT2D eigenvalue weighted by atomic mass is 19.1. The molecule has 0 saturated carbocycles. The lowest BCUT2D eigenvalue weighted by Crippen LogP contribution is -2.45. The fourth-order valence-electron chi connectivity index (χ4n) is 7.33. The summed E-state index contributed by atoms with van der Waals surface area (Å²) in [4.78, 5) is 20.6. The lowest BCUT2D eigenvalue weighted by atomic mass is 9.91. The average molecular weight is 684 g/mol. The Labute approximate surface area is 294 Å². The van der Waals surface area contributed by atoms with Crippen LogP contribution in [0.2, 0.25) is 0 Å². The highest BCUT2D eigenvalue weighted by molar-refractivity contribution is 5.86. The normalized spacial score (nSPS) is 20.7. The number of rotatable bonds is 4. The summed E-state index contributed by atoms with van der Waals surface area (Å²) in [6.07, 6.45) is 4.94. The number of allylic oxidation sites excluding steroid dienone is 1. The molecule has 1 saturated heterocycles. The van der Waals surface area contributed by atoms with Crippen LogP contribution in [0.4, 0.5) is 10.2 Å². The van der Waals surface area contributed by atoms with Gasteiger partial charge in [0, 0.05) is 48.1 Å². The zero-order chi connectivity index (χ0) is 36.0. The van der Waals surface area contributed by atoms with Crippen molar-refractivity contribution in [1.29, 1.82) is 0 Å². The number of pyridine rings is 1. The monoisotopic (exact) mass is 683 g/mol. The highest BCUT2D eigenvalue weighted by Crippen LogP contribution is 2.43. The molecule has 0 aliphatic carbocycles. The Kier molecular flexibility index (Phi) is 9.85. The molecule has 7 rings (SSSR count). The summed E-state index contributed by atoms with van der Waals surface area (Å²) in [6.45, 7) is 20.0. The van der Waals surface area contributed by atoms with Crippen molar-refractivity contribution in [3.8, 4) is 28.1 Å². The first kappa shape index (κ1) is 35.6. The van der Waals surface area contributed by atoms with Gasteiger partial charge in [-0.1, -0.05) is 24.8 Å². The molecule has 50 heavy (non-hydrogen) atoms. The first-order valence-corrected chi connectivity index (χ1v) is 17.7. The number of ether oxygens (including phenoxy) is 3. The van der Waals surface area contributed by atoms with Crippen LogP contribution >= 0.6 is 0 Å². The fraction of sp³-hybridized carbons (Fsp3) is 0.463. The Morgan fingerprint density at radius 2 is 1.86 bits per heavy atom. The van der Waals surface area contributed by atoms with Gasteiger partial charge in [-0.05, 0) is 122 Å². The van der Waals surface area contributed by atoms with E-state index in [0.29, 0.717) is 47.9 Å². The van der Waals surface area contributed by atoms with E-state index in [9.17, 15) is 14.3 Å². The number of hydrogen-bond donors (Lipinski definition) is 1. The van der Waals surface area contributed by atoms with Gasteiger partial charge >= 0.3 is 5.97 Å². The summed E-state index contributed by atoms with van der Waals surface area (Å²) in [7, 11) is 0. The van der Waals surface area contributed by atoms with E-state index in [1.807, 2.05) is 69.5 Å². The minimum Gasteiger partial charge on any atom is -0.490 e. The van der Waals surface area contributed by atoms with Gasteiger partial charge in [-0.25, -0.2) is 14.2 Å². The molecule has 1 N–H and O–H groups in total. The van der Waals surface area contributed by atoms with Gasteiger partial charge in [0.25, 0.3) is 0 Å². The molecule has 266 valence electrons. The van der Waals surface area contributed by atoms with Gasteiger partial charge in [0.1, 0.15) is 23.0 Å². The van der Waals surface area contributed by atoms with E-state index < -0.39 is 17.7 Å². The number of aliphatic carboxylic acids is 1. The van der Waals surface area contributed by atoms with Crippen LogP contribution in [-0.4, -0.2) is 57.5 Å². The standard InChI is InChI=1S/C41H50FN3O5/c1-25(2)34-27(4)35(36(39(46)47)50-40(5,6)7)38-44-19-17-41(8,18-20-44)48-21-10-9-12-26(3)49-33-16-15-30(42)23-31(33)28-13-11-14-29(22-28)32-24-45(38)37(34)43-32/h11,13-16,22-24,26,36H,1,9-10,12,17-21H2,2-8H3,(H,46,47). The molecule has 3 aliphatic rings. The number of hydrogen-bond acceptors (Lipinski definition) is 6. The maximum atomic E-state index is 14.7. The molecule has 9 heteroatoms. The van der Waals surface area contributed by atoms with Crippen molar-refractivity contribution in [2.75, 3.05) is 24.6 Å². The van der Waals surface area contributed by atoms with E-state index in [1.54, 1.807) is 6.07 Å². The molecule has 3 aliphatic heterocycles. The second-order valence-corrected chi connectivity index (χ2v) is 15.2. The number of carbonyl (C=O) groups is 1. The van der Waals surface area contributed by atoms with Crippen LogP contribution in [0.25, 0.3) is 33.6 Å². The van der Waals surface area contributed by atoms with E-state index in [2.05, 4.69) is 25.3 Å². The molecule has 2 atom stereocenters. The number of nitrogens with zero attached hydrogens (tertiary/aromatic N) is 3. The van der Waals surface area contributed by atoms with Crippen molar-refractivity contribution >= 4 is 23.0 Å². The third-order valence-corrected chi connectivity index (χ3v) is 9.88. The van der Waals surface area contributed by atoms with Crippen molar-refractivity contribution in [2.24, 2.45) is 0 Å². The number of benzene rings is 2. The molecule has 0 radical (unpaired) electrons. The van der Waals surface area contributed by atoms with Gasteiger partial charge in [0.05, 0.1) is 23.0 Å². The van der Waals surface area contributed by atoms with Gasteiger partial charge in [-0.2, -0.15) is 0 Å². The predicted octanol–water partition coefficient (Wildman–Crippen LogP) is 9.42. The van der Waals surface area contributed by atoms with Gasteiger partial charge in [-0.15, -0.1) is 0 Å². The van der Waals surface area contributed by atoms with Crippen molar-refractivity contribution in [3.63, 3.8) is 0 Å². The third kappa shape index (κ3) is 7.30. The summed E-state index contributed by atoms with van der Waals surface area (Å²) in [6, 6.07) is 12.5. The van der Waals surface area contributed by atoms with E-state index >= 15 is 0 Å². The molecule has 2 aromatic heterocycles. The van der Waals surface area contributed by atoms with E-state index in [4.69, 9.17) is 19.2 Å². The third-order valence-electron chi connectivity index (χ3n) is 9.88. The second-order valence-electron chi connectivity index (χ2n) is 15.2. The van der Waals surface area contributed by atoms with E-state index in [-0.39, 0.29) is 17.5 Å². The molecule has 0 amide bonds. The van der Waals surface area contributed by atoms with Crippen molar-refractivity contribution in [3.05, 3.63) is 77.7 Å². The molecular formula is C41H50FN3O5. The molecule has 2 aromatic carbocycles. The summed E-state index contributed by atoms with van der Waals surface area (Å²) in [5, 5.41) is 10.7. The fourth-order valence-corrected chi connectivity index (χ4v) is 7.33. The first-order chi connectivity index (χ1) is 23.6. The molecule has 0 spiro atoms.